The zero-order chi connectivity index (χ0) is 13.2. The highest BCUT2D eigenvalue weighted by Crippen LogP contribution is 2.21. The zero-order valence-electron chi connectivity index (χ0n) is 9.21. The highest BCUT2D eigenvalue weighted by atomic mass is 32.2. The largest absolute Gasteiger partial charge is 0.386 e. The van der Waals surface area contributed by atoms with Crippen molar-refractivity contribution < 1.29 is 12.8 Å². The molecule has 1 aromatic carbocycles. The summed E-state index contributed by atoms with van der Waals surface area (Å²) in [5.41, 5.74) is 0.107. The van der Waals surface area contributed by atoms with Crippen molar-refractivity contribution in [3.63, 3.8) is 0 Å². The minimum atomic E-state index is -3.78. The predicted octanol–water partition coefficient (Wildman–Crippen LogP) is 1.52. The fourth-order valence-electron chi connectivity index (χ4n) is 1.26. The molecule has 2 rings (SSSR count). The molecule has 0 unspecified atom stereocenters. The van der Waals surface area contributed by atoms with Gasteiger partial charge in [-0.05, 0) is 18.2 Å². The summed E-state index contributed by atoms with van der Waals surface area (Å²) in [6, 6.07) is 3.47. The second-order valence-corrected chi connectivity index (χ2v) is 5.71. The molecule has 0 radical (unpaired) electrons. The van der Waals surface area contributed by atoms with Crippen molar-refractivity contribution in [1.29, 1.82) is 0 Å². The predicted molar refractivity (Wildman–Crippen MR) is 66.7 cm³/mol. The minimum absolute atomic E-state index is 0.0524. The summed E-state index contributed by atoms with van der Waals surface area (Å²) >= 11 is 0.916. The Morgan fingerprint density at radius 1 is 1.39 bits per heavy atom. The molecule has 0 aliphatic carbocycles. The smallest absolute Gasteiger partial charge is 0.263 e. The fraction of sp³-hybridized carbons (Fsp3) is 0.111. The van der Waals surface area contributed by atoms with Gasteiger partial charge in [-0.2, -0.15) is 4.37 Å². The van der Waals surface area contributed by atoms with Gasteiger partial charge in [0.25, 0.3) is 10.0 Å². The van der Waals surface area contributed by atoms with Crippen LogP contribution in [0.3, 0.4) is 0 Å². The maximum Gasteiger partial charge on any atom is 0.263 e. The standard InChI is InChI=1S/C9H9FN4O2S2/c1-11-8-4-6(2-3-7(8)10)18(15,16)14-9-12-5-13-17-9/h2-5,11H,1H3,(H,12,13,14). The lowest BCUT2D eigenvalue weighted by Gasteiger charge is -2.07. The van der Waals surface area contributed by atoms with E-state index in [4.69, 9.17) is 0 Å². The first-order valence-corrected chi connectivity index (χ1v) is 7.05. The van der Waals surface area contributed by atoms with Crippen LogP contribution in [0.5, 0.6) is 0 Å². The van der Waals surface area contributed by atoms with Crippen LogP contribution >= 0.6 is 11.5 Å². The van der Waals surface area contributed by atoms with Crippen molar-refractivity contribution in [3.05, 3.63) is 30.3 Å². The van der Waals surface area contributed by atoms with Gasteiger partial charge >= 0.3 is 0 Å². The molecule has 6 nitrogen and oxygen atoms in total. The molecule has 0 spiro atoms. The van der Waals surface area contributed by atoms with Gasteiger partial charge in [0.05, 0.1) is 10.6 Å². The van der Waals surface area contributed by atoms with Gasteiger partial charge < -0.3 is 5.32 Å². The monoisotopic (exact) mass is 288 g/mol. The maximum atomic E-state index is 13.2. The molecule has 0 aliphatic heterocycles. The third-order valence-corrected chi connectivity index (χ3v) is 4.15. The number of hydrogen-bond donors (Lipinski definition) is 2. The molecule has 2 aromatic rings. The van der Waals surface area contributed by atoms with Crippen molar-refractivity contribution >= 4 is 32.4 Å². The molecule has 0 saturated carbocycles. The molecule has 96 valence electrons. The number of anilines is 2. The van der Waals surface area contributed by atoms with Gasteiger partial charge in [0.15, 0.2) is 0 Å². The number of halogens is 1. The topological polar surface area (TPSA) is 84.0 Å². The molecule has 0 atom stereocenters. The van der Waals surface area contributed by atoms with Gasteiger partial charge in [-0.3, -0.25) is 4.72 Å². The van der Waals surface area contributed by atoms with Gasteiger partial charge in [0, 0.05) is 18.6 Å². The number of hydrogen-bond acceptors (Lipinski definition) is 6. The lowest BCUT2D eigenvalue weighted by atomic mass is 10.3. The Morgan fingerprint density at radius 2 is 2.17 bits per heavy atom. The highest BCUT2D eigenvalue weighted by Gasteiger charge is 2.17. The van der Waals surface area contributed by atoms with Crippen molar-refractivity contribution in [1.82, 2.24) is 9.36 Å². The Labute approximate surface area is 107 Å². The van der Waals surface area contributed by atoms with E-state index in [9.17, 15) is 12.8 Å². The van der Waals surface area contributed by atoms with Gasteiger partial charge in [-0.1, -0.05) is 0 Å². The SMILES string of the molecule is CNc1cc(S(=O)(=O)Nc2ncns2)ccc1F. The molecule has 1 heterocycles. The Balaban J connectivity index is 2.35. The molecule has 0 amide bonds. The van der Waals surface area contributed by atoms with Crippen molar-refractivity contribution in [2.24, 2.45) is 0 Å². The Hall–Kier alpha value is -1.74. The molecule has 0 bridgehead atoms. The van der Waals surface area contributed by atoms with Crippen LogP contribution in [0.4, 0.5) is 15.2 Å². The quantitative estimate of drug-likeness (QED) is 0.891. The van der Waals surface area contributed by atoms with Crippen molar-refractivity contribution in [3.8, 4) is 0 Å². The first-order chi connectivity index (χ1) is 8.53. The molecule has 0 aliphatic rings. The molecular formula is C9H9FN4O2S2. The lowest BCUT2D eigenvalue weighted by molar-refractivity contribution is 0.600. The maximum absolute atomic E-state index is 13.2. The lowest BCUT2D eigenvalue weighted by Crippen LogP contribution is -2.13. The molecule has 0 fully saturated rings. The summed E-state index contributed by atoms with van der Waals surface area (Å²) in [6.45, 7) is 0. The van der Waals surface area contributed by atoms with Crippen LogP contribution in [0.25, 0.3) is 0 Å². The third kappa shape index (κ3) is 2.57. The Morgan fingerprint density at radius 3 is 2.78 bits per heavy atom. The van der Waals surface area contributed by atoms with E-state index in [2.05, 4.69) is 19.4 Å². The second-order valence-electron chi connectivity index (χ2n) is 3.24. The van der Waals surface area contributed by atoms with E-state index in [0.29, 0.717) is 0 Å². The van der Waals surface area contributed by atoms with Gasteiger partial charge in [-0.25, -0.2) is 17.8 Å². The number of benzene rings is 1. The molecule has 1 aromatic heterocycles. The van der Waals surface area contributed by atoms with Crippen LogP contribution in [0.1, 0.15) is 0 Å². The Kier molecular flexibility index (Phi) is 3.43. The van der Waals surface area contributed by atoms with E-state index in [1.54, 1.807) is 0 Å². The van der Waals surface area contributed by atoms with Crippen LogP contribution in [-0.2, 0) is 10.0 Å². The second kappa shape index (κ2) is 4.86. The van der Waals surface area contributed by atoms with Gasteiger partial charge in [0.2, 0.25) is 5.13 Å². The normalized spacial score (nSPS) is 11.2. The van der Waals surface area contributed by atoms with E-state index in [-0.39, 0.29) is 15.7 Å². The summed E-state index contributed by atoms with van der Waals surface area (Å²) in [5.74, 6) is -0.521. The molecule has 2 N–H and O–H groups in total. The summed E-state index contributed by atoms with van der Waals surface area (Å²) in [7, 11) is -2.27. The number of aromatic nitrogens is 2. The first kappa shape index (κ1) is 12.7. The van der Waals surface area contributed by atoms with Crippen molar-refractivity contribution in [2.45, 2.75) is 4.90 Å². The van der Waals surface area contributed by atoms with Crippen LogP contribution < -0.4 is 10.0 Å². The van der Waals surface area contributed by atoms with E-state index in [1.807, 2.05) is 0 Å². The fourth-order valence-corrected chi connectivity index (χ4v) is 2.94. The summed E-state index contributed by atoms with van der Waals surface area (Å²) in [4.78, 5) is 3.66. The van der Waals surface area contributed by atoms with E-state index >= 15 is 0 Å². The van der Waals surface area contributed by atoms with Crippen LogP contribution in [-0.4, -0.2) is 24.8 Å². The molecule has 18 heavy (non-hydrogen) atoms. The zero-order valence-corrected chi connectivity index (χ0v) is 10.8. The van der Waals surface area contributed by atoms with Crippen LogP contribution in [0.2, 0.25) is 0 Å². The third-order valence-electron chi connectivity index (χ3n) is 2.10. The summed E-state index contributed by atoms with van der Waals surface area (Å²) in [5, 5.41) is 2.73. The minimum Gasteiger partial charge on any atom is -0.386 e. The average molecular weight is 288 g/mol. The van der Waals surface area contributed by atoms with Gasteiger partial charge in [0.1, 0.15) is 12.1 Å². The van der Waals surface area contributed by atoms with Gasteiger partial charge in [-0.15, -0.1) is 0 Å². The molecular weight excluding hydrogens is 279 g/mol. The summed E-state index contributed by atoms with van der Waals surface area (Å²) in [6.07, 6.45) is 1.24. The van der Waals surface area contributed by atoms with Crippen LogP contribution in [0.15, 0.2) is 29.4 Å². The van der Waals surface area contributed by atoms with Crippen LogP contribution in [0, 0.1) is 5.82 Å². The van der Waals surface area contributed by atoms with E-state index in [0.717, 1.165) is 17.6 Å². The van der Waals surface area contributed by atoms with E-state index < -0.39 is 15.8 Å². The average Bonchev–Trinajstić information content (AvgIpc) is 2.81. The summed E-state index contributed by atoms with van der Waals surface area (Å²) < 4.78 is 43.1. The number of nitrogens with one attached hydrogen (secondary N) is 2. The molecule has 9 heteroatoms. The number of rotatable bonds is 4. The first-order valence-electron chi connectivity index (χ1n) is 4.80. The Bertz CT molecular complexity index is 643. The highest BCUT2D eigenvalue weighted by molar-refractivity contribution is 7.93. The number of sulfonamides is 1. The van der Waals surface area contributed by atoms with E-state index in [1.165, 1.54) is 25.5 Å². The number of nitrogens with zero attached hydrogens (tertiary/aromatic N) is 2. The molecule has 0 saturated heterocycles. The van der Waals surface area contributed by atoms with Crippen molar-refractivity contribution in [2.75, 3.05) is 17.1 Å².